The fraction of sp³-hybridized carbons (Fsp3) is 0.125. The number of nitrogens with one attached hydrogen (secondary N) is 1. The lowest BCUT2D eigenvalue weighted by atomic mass is 10.2. The topological polar surface area (TPSA) is 29.1 Å². The Bertz CT molecular complexity index is 273. The van der Waals surface area contributed by atoms with E-state index in [1.54, 1.807) is 0 Å². The first-order valence-corrected chi connectivity index (χ1v) is 3.88. The minimum absolute atomic E-state index is 0.687. The molecular formula is C8H10NOP. The third-order valence-electron chi connectivity index (χ3n) is 1.48. The van der Waals surface area contributed by atoms with E-state index in [-0.39, 0.29) is 0 Å². The first-order valence-electron chi connectivity index (χ1n) is 3.30. The molecule has 0 spiro atoms. The molecule has 11 heavy (non-hydrogen) atoms. The Labute approximate surface area is 68.2 Å². The van der Waals surface area contributed by atoms with Gasteiger partial charge in [0.1, 0.15) is 0 Å². The van der Waals surface area contributed by atoms with Crippen molar-refractivity contribution in [1.29, 1.82) is 0 Å². The van der Waals surface area contributed by atoms with Crippen LogP contribution in [0, 0.1) is 6.92 Å². The second-order valence-electron chi connectivity index (χ2n) is 2.34. The van der Waals surface area contributed by atoms with Crippen molar-refractivity contribution in [3.63, 3.8) is 0 Å². The van der Waals surface area contributed by atoms with Gasteiger partial charge in [0, 0.05) is 5.69 Å². The summed E-state index contributed by atoms with van der Waals surface area (Å²) in [5.74, 6) is 0. The maximum absolute atomic E-state index is 10.1. The molecule has 1 aromatic carbocycles. The fourth-order valence-corrected chi connectivity index (χ4v) is 1.12. The molecule has 0 aliphatic rings. The molecule has 0 radical (unpaired) electrons. The van der Waals surface area contributed by atoms with Gasteiger partial charge in [-0.1, -0.05) is 12.1 Å². The summed E-state index contributed by atoms with van der Waals surface area (Å²) < 4.78 is 0. The zero-order valence-electron chi connectivity index (χ0n) is 6.29. The molecule has 1 unspecified atom stereocenters. The number of anilines is 1. The van der Waals surface area contributed by atoms with E-state index in [0.29, 0.717) is 6.41 Å². The second kappa shape index (κ2) is 3.49. The summed E-state index contributed by atoms with van der Waals surface area (Å²) in [5, 5.41) is 3.69. The second-order valence-corrected chi connectivity index (χ2v) is 3.00. The van der Waals surface area contributed by atoms with E-state index >= 15 is 0 Å². The Morgan fingerprint density at radius 3 is 2.91 bits per heavy atom. The Morgan fingerprint density at radius 2 is 2.27 bits per heavy atom. The van der Waals surface area contributed by atoms with Gasteiger partial charge in [-0.15, -0.1) is 9.24 Å². The van der Waals surface area contributed by atoms with Crippen molar-refractivity contribution in [2.75, 3.05) is 5.32 Å². The third-order valence-corrected chi connectivity index (χ3v) is 1.84. The standard InChI is InChI=1S/C8H10NOP/c1-6-2-3-7(11)4-8(6)9-5-10/h2-5H,11H2,1H3,(H,9,10). The van der Waals surface area contributed by atoms with Gasteiger partial charge < -0.3 is 5.32 Å². The SMILES string of the molecule is Cc1ccc(P)cc1NC=O. The van der Waals surface area contributed by atoms with Gasteiger partial charge in [0.2, 0.25) is 6.41 Å². The molecule has 0 saturated carbocycles. The molecule has 1 amide bonds. The number of carbonyl (C=O) groups is 1. The molecule has 0 heterocycles. The van der Waals surface area contributed by atoms with E-state index in [1.165, 1.54) is 0 Å². The highest BCUT2D eigenvalue weighted by molar-refractivity contribution is 7.27. The van der Waals surface area contributed by atoms with Crippen LogP contribution in [0.4, 0.5) is 5.69 Å². The first kappa shape index (κ1) is 8.22. The predicted octanol–water partition coefficient (Wildman–Crippen LogP) is 1.06. The van der Waals surface area contributed by atoms with Crippen LogP contribution in [-0.4, -0.2) is 6.41 Å². The molecule has 58 valence electrons. The van der Waals surface area contributed by atoms with E-state index in [0.717, 1.165) is 16.6 Å². The maximum Gasteiger partial charge on any atom is 0.211 e. The van der Waals surface area contributed by atoms with Crippen LogP contribution in [0.5, 0.6) is 0 Å². The molecule has 3 heteroatoms. The molecule has 0 fully saturated rings. The Kier molecular flexibility index (Phi) is 2.61. The molecular weight excluding hydrogens is 157 g/mol. The van der Waals surface area contributed by atoms with Crippen molar-refractivity contribution >= 4 is 26.6 Å². The number of carbonyl (C=O) groups excluding carboxylic acids is 1. The highest BCUT2D eigenvalue weighted by Crippen LogP contribution is 2.11. The van der Waals surface area contributed by atoms with Crippen molar-refractivity contribution in [2.45, 2.75) is 6.92 Å². The van der Waals surface area contributed by atoms with Gasteiger partial charge in [0.05, 0.1) is 0 Å². The summed E-state index contributed by atoms with van der Waals surface area (Å²) in [6.07, 6.45) is 0.687. The van der Waals surface area contributed by atoms with Crippen LogP contribution in [-0.2, 0) is 4.79 Å². The lowest BCUT2D eigenvalue weighted by molar-refractivity contribution is -0.105. The molecule has 0 aromatic heterocycles. The number of hydrogen-bond donors (Lipinski definition) is 1. The molecule has 1 rings (SSSR count). The van der Waals surface area contributed by atoms with Crippen LogP contribution >= 0.6 is 9.24 Å². The van der Waals surface area contributed by atoms with Gasteiger partial charge in [-0.2, -0.15) is 0 Å². The molecule has 1 N–H and O–H groups in total. The highest BCUT2D eigenvalue weighted by Gasteiger charge is 1.95. The first-order chi connectivity index (χ1) is 5.24. The van der Waals surface area contributed by atoms with Crippen LogP contribution < -0.4 is 10.6 Å². The minimum atomic E-state index is 0.687. The maximum atomic E-state index is 10.1. The van der Waals surface area contributed by atoms with E-state index < -0.39 is 0 Å². The number of hydrogen-bond acceptors (Lipinski definition) is 1. The van der Waals surface area contributed by atoms with E-state index in [9.17, 15) is 4.79 Å². The normalized spacial score (nSPS) is 9.27. The predicted molar refractivity (Wildman–Crippen MR) is 50.2 cm³/mol. The van der Waals surface area contributed by atoms with Crippen LogP contribution in [0.15, 0.2) is 18.2 Å². The molecule has 0 aliphatic heterocycles. The summed E-state index contributed by atoms with van der Waals surface area (Å²) in [4.78, 5) is 10.1. The van der Waals surface area contributed by atoms with Gasteiger partial charge in [-0.05, 0) is 23.9 Å². The molecule has 2 nitrogen and oxygen atoms in total. The quantitative estimate of drug-likeness (QED) is 0.518. The zero-order chi connectivity index (χ0) is 8.27. The van der Waals surface area contributed by atoms with Crippen molar-refractivity contribution < 1.29 is 4.79 Å². The average molecular weight is 167 g/mol. The number of amides is 1. The van der Waals surface area contributed by atoms with Crippen molar-refractivity contribution in [3.05, 3.63) is 23.8 Å². The molecule has 0 bridgehead atoms. The van der Waals surface area contributed by atoms with Gasteiger partial charge in [0.15, 0.2) is 0 Å². The summed E-state index contributed by atoms with van der Waals surface area (Å²) >= 11 is 0. The average Bonchev–Trinajstić information content (AvgIpc) is 1.98. The molecule has 0 saturated heterocycles. The molecule has 1 atom stereocenters. The van der Waals surface area contributed by atoms with Crippen LogP contribution in [0.25, 0.3) is 0 Å². The zero-order valence-corrected chi connectivity index (χ0v) is 7.45. The van der Waals surface area contributed by atoms with Gasteiger partial charge in [0.25, 0.3) is 0 Å². The monoisotopic (exact) mass is 167 g/mol. The smallest absolute Gasteiger partial charge is 0.211 e. The molecule has 1 aromatic rings. The summed E-state index contributed by atoms with van der Waals surface area (Å²) in [6, 6.07) is 5.86. The minimum Gasteiger partial charge on any atom is -0.328 e. The Hall–Kier alpha value is -0.880. The van der Waals surface area contributed by atoms with Crippen LogP contribution in [0.2, 0.25) is 0 Å². The van der Waals surface area contributed by atoms with Gasteiger partial charge >= 0.3 is 0 Å². The van der Waals surface area contributed by atoms with Crippen molar-refractivity contribution in [1.82, 2.24) is 0 Å². The Balaban J connectivity index is 3.01. The van der Waals surface area contributed by atoms with Crippen LogP contribution in [0.1, 0.15) is 5.56 Å². The highest BCUT2D eigenvalue weighted by atomic mass is 31.0. The van der Waals surface area contributed by atoms with Crippen molar-refractivity contribution in [3.8, 4) is 0 Å². The van der Waals surface area contributed by atoms with E-state index in [4.69, 9.17) is 0 Å². The lowest BCUT2D eigenvalue weighted by Gasteiger charge is -2.03. The van der Waals surface area contributed by atoms with E-state index in [2.05, 4.69) is 14.6 Å². The number of benzene rings is 1. The summed E-state index contributed by atoms with van der Waals surface area (Å²) in [6.45, 7) is 1.95. The fourth-order valence-electron chi connectivity index (χ4n) is 0.859. The van der Waals surface area contributed by atoms with Crippen LogP contribution in [0.3, 0.4) is 0 Å². The number of rotatable bonds is 2. The third kappa shape index (κ3) is 2.02. The van der Waals surface area contributed by atoms with E-state index in [1.807, 2.05) is 25.1 Å². The summed E-state index contributed by atoms with van der Waals surface area (Å²) in [5.41, 5.74) is 1.94. The lowest BCUT2D eigenvalue weighted by Crippen LogP contribution is -2.00. The van der Waals surface area contributed by atoms with Crippen molar-refractivity contribution in [2.24, 2.45) is 0 Å². The Morgan fingerprint density at radius 1 is 1.55 bits per heavy atom. The number of aryl methyl sites for hydroxylation is 1. The van der Waals surface area contributed by atoms with Gasteiger partial charge in [-0.25, -0.2) is 0 Å². The molecule has 0 aliphatic carbocycles. The van der Waals surface area contributed by atoms with Gasteiger partial charge in [-0.3, -0.25) is 4.79 Å². The largest absolute Gasteiger partial charge is 0.328 e. The summed E-state index contributed by atoms with van der Waals surface area (Å²) in [7, 11) is 2.58.